The second kappa shape index (κ2) is 6.13. The van der Waals surface area contributed by atoms with Crippen molar-refractivity contribution in [2.24, 2.45) is 10.9 Å². The number of sulfone groups is 1. The Balaban J connectivity index is 2.03. The van der Waals surface area contributed by atoms with Crippen LogP contribution in [0.4, 0.5) is 0 Å². The van der Waals surface area contributed by atoms with Gasteiger partial charge in [-0.25, -0.2) is 8.42 Å². The van der Waals surface area contributed by atoms with Crippen LogP contribution in [0.25, 0.3) is 0 Å². The molecular weight excluding hydrogens is 294 g/mol. The molecule has 21 heavy (non-hydrogen) atoms. The van der Waals surface area contributed by atoms with Crippen LogP contribution in [0, 0.1) is 0 Å². The number of carbonyl (C=O) groups excluding carboxylic acids is 1. The van der Waals surface area contributed by atoms with E-state index in [1.807, 2.05) is 0 Å². The second-order valence-electron chi connectivity index (χ2n) is 4.99. The summed E-state index contributed by atoms with van der Waals surface area (Å²) in [6, 6.07) is 5.85. The molecule has 0 aromatic heterocycles. The Morgan fingerprint density at radius 2 is 1.90 bits per heavy atom. The van der Waals surface area contributed by atoms with E-state index in [2.05, 4.69) is 10.5 Å². The molecule has 1 aliphatic heterocycles. The summed E-state index contributed by atoms with van der Waals surface area (Å²) in [6.07, 6.45) is 1.23. The average Bonchev–Trinajstić information content (AvgIpc) is 2.45. The minimum Gasteiger partial charge on any atom is -0.409 e. The summed E-state index contributed by atoms with van der Waals surface area (Å²) in [6.45, 7) is 0. The van der Waals surface area contributed by atoms with Gasteiger partial charge in [-0.05, 0) is 25.0 Å². The molecule has 1 aromatic rings. The van der Waals surface area contributed by atoms with Gasteiger partial charge in [0.15, 0.2) is 15.7 Å². The van der Waals surface area contributed by atoms with Gasteiger partial charge in [0, 0.05) is 17.2 Å². The average molecular weight is 311 g/mol. The number of nitrogens with two attached hydrogens (primary N) is 1. The first-order chi connectivity index (χ1) is 9.91. The van der Waals surface area contributed by atoms with E-state index in [0.29, 0.717) is 24.0 Å². The fourth-order valence-corrected chi connectivity index (χ4v) is 3.89. The Morgan fingerprint density at radius 1 is 1.29 bits per heavy atom. The van der Waals surface area contributed by atoms with E-state index in [0.717, 1.165) is 0 Å². The SMILES string of the molecule is NC(=NO)c1ccc(C(=O)NC2CCCS(=O)(=O)C2)cc1. The molecule has 1 unspecified atom stereocenters. The summed E-state index contributed by atoms with van der Waals surface area (Å²) in [5, 5.41) is 14.2. The lowest BCUT2D eigenvalue weighted by atomic mass is 10.1. The van der Waals surface area contributed by atoms with E-state index in [-0.39, 0.29) is 29.3 Å². The topological polar surface area (TPSA) is 122 Å². The molecule has 2 rings (SSSR count). The van der Waals surface area contributed by atoms with Crippen LogP contribution < -0.4 is 11.1 Å². The second-order valence-corrected chi connectivity index (χ2v) is 7.22. The number of benzene rings is 1. The van der Waals surface area contributed by atoms with Crippen LogP contribution >= 0.6 is 0 Å². The molecule has 0 aliphatic carbocycles. The number of rotatable bonds is 3. The molecule has 1 aromatic carbocycles. The van der Waals surface area contributed by atoms with Crippen LogP contribution in [0.1, 0.15) is 28.8 Å². The van der Waals surface area contributed by atoms with Crippen molar-refractivity contribution in [2.75, 3.05) is 11.5 Å². The van der Waals surface area contributed by atoms with Crippen LogP contribution in [0.2, 0.25) is 0 Å². The van der Waals surface area contributed by atoms with Crippen LogP contribution in [0.3, 0.4) is 0 Å². The van der Waals surface area contributed by atoms with Gasteiger partial charge in [-0.3, -0.25) is 4.79 Å². The molecule has 0 saturated carbocycles. The van der Waals surface area contributed by atoms with Crippen molar-refractivity contribution in [1.29, 1.82) is 0 Å². The predicted molar refractivity (Wildman–Crippen MR) is 78.1 cm³/mol. The van der Waals surface area contributed by atoms with Gasteiger partial charge in [-0.1, -0.05) is 17.3 Å². The van der Waals surface area contributed by atoms with E-state index in [9.17, 15) is 13.2 Å². The zero-order chi connectivity index (χ0) is 15.5. The van der Waals surface area contributed by atoms with Gasteiger partial charge >= 0.3 is 0 Å². The number of hydrogen-bond donors (Lipinski definition) is 3. The predicted octanol–water partition coefficient (Wildman–Crippen LogP) is 0.0881. The fourth-order valence-electron chi connectivity index (χ4n) is 2.26. The highest BCUT2D eigenvalue weighted by Crippen LogP contribution is 2.13. The Hall–Kier alpha value is -2.09. The largest absolute Gasteiger partial charge is 0.409 e. The number of amidine groups is 1. The van der Waals surface area contributed by atoms with E-state index >= 15 is 0 Å². The number of nitrogens with one attached hydrogen (secondary N) is 1. The Labute approximate surface area is 122 Å². The molecule has 1 saturated heterocycles. The summed E-state index contributed by atoms with van der Waals surface area (Å²) >= 11 is 0. The van der Waals surface area contributed by atoms with Gasteiger partial charge in [0.05, 0.1) is 11.5 Å². The first kappa shape index (κ1) is 15.3. The number of oxime groups is 1. The van der Waals surface area contributed by atoms with Gasteiger partial charge < -0.3 is 16.3 Å². The smallest absolute Gasteiger partial charge is 0.251 e. The number of amides is 1. The van der Waals surface area contributed by atoms with Gasteiger partial charge in [-0.2, -0.15) is 0 Å². The molecule has 4 N–H and O–H groups in total. The fraction of sp³-hybridized carbons (Fsp3) is 0.385. The van der Waals surface area contributed by atoms with Crippen molar-refractivity contribution >= 4 is 21.6 Å². The maximum atomic E-state index is 12.1. The first-order valence-corrected chi connectivity index (χ1v) is 8.32. The zero-order valence-corrected chi connectivity index (χ0v) is 12.1. The standard InChI is InChI=1S/C13H17N3O4S/c14-12(16-18)9-3-5-10(6-4-9)13(17)15-11-2-1-7-21(19,20)8-11/h3-6,11,18H,1-2,7-8H2,(H2,14,16)(H,15,17). The maximum absolute atomic E-state index is 12.1. The van der Waals surface area contributed by atoms with Gasteiger partial charge in [0.2, 0.25) is 0 Å². The van der Waals surface area contributed by atoms with E-state index in [4.69, 9.17) is 10.9 Å². The summed E-state index contributed by atoms with van der Waals surface area (Å²) in [5.74, 6) is -0.196. The molecule has 1 aliphatic rings. The Morgan fingerprint density at radius 3 is 2.48 bits per heavy atom. The lowest BCUT2D eigenvalue weighted by Gasteiger charge is -2.23. The highest BCUT2D eigenvalue weighted by molar-refractivity contribution is 7.91. The lowest BCUT2D eigenvalue weighted by Crippen LogP contribution is -2.43. The summed E-state index contributed by atoms with van der Waals surface area (Å²) in [5.41, 5.74) is 6.32. The minimum atomic E-state index is -3.06. The summed E-state index contributed by atoms with van der Waals surface area (Å²) in [4.78, 5) is 12.1. The molecule has 0 radical (unpaired) electrons. The van der Waals surface area contributed by atoms with Crippen molar-refractivity contribution in [2.45, 2.75) is 18.9 Å². The zero-order valence-electron chi connectivity index (χ0n) is 11.3. The van der Waals surface area contributed by atoms with Crippen molar-refractivity contribution in [1.82, 2.24) is 5.32 Å². The minimum absolute atomic E-state index is 0.0130. The molecule has 0 spiro atoms. The lowest BCUT2D eigenvalue weighted by molar-refractivity contribution is 0.0938. The van der Waals surface area contributed by atoms with Crippen LogP contribution in [-0.4, -0.2) is 42.9 Å². The molecule has 1 atom stereocenters. The molecule has 1 fully saturated rings. The Bertz CT molecular complexity index is 652. The first-order valence-electron chi connectivity index (χ1n) is 6.50. The molecular formula is C13H17N3O4S. The van der Waals surface area contributed by atoms with Crippen LogP contribution in [0.15, 0.2) is 29.4 Å². The molecule has 1 amide bonds. The van der Waals surface area contributed by atoms with Crippen LogP contribution in [0.5, 0.6) is 0 Å². The van der Waals surface area contributed by atoms with Gasteiger partial charge in [0.1, 0.15) is 0 Å². The third-order valence-corrected chi connectivity index (χ3v) is 5.17. The molecule has 7 nitrogen and oxygen atoms in total. The van der Waals surface area contributed by atoms with Crippen molar-refractivity contribution in [3.63, 3.8) is 0 Å². The van der Waals surface area contributed by atoms with Gasteiger partial charge in [-0.15, -0.1) is 0 Å². The van der Waals surface area contributed by atoms with Gasteiger partial charge in [0.25, 0.3) is 5.91 Å². The monoisotopic (exact) mass is 311 g/mol. The van der Waals surface area contributed by atoms with Crippen LogP contribution in [-0.2, 0) is 9.84 Å². The van der Waals surface area contributed by atoms with E-state index in [1.54, 1.807) is 24.3 Å². The van der Waals surface area contributed by atoms with Crippen molar-refractivity contribution < 1.29 is 18.4 Å². The molecule has 8 heteroatoms. The third-order valence-electron chi connectivity index (χ3n) is 3.35. The summed E-state index contributed by atoms with van der Waals surface area (Å²) in [7, 11) is -3.06. The third kappa shape index (κ3) is 3.94. The van der Waals surface area contributed by atoms with E-state index in [1.165, 1.54) is 0 Å². The Kier molecular flexibility index (Phi) is 4.46. The number of nitrogens with zero attached hydrogens (tertiary/aromatic N) is 1. The van der Waals surface area contributed by atoms with Crippen molar-refractivity contribution in [3.8, 4) is 0 Å². The summed E-state index contributed by atoms with van der Waals surface area (Å²) < 4.78 is 23.1. The van der Waals surface area contributed by atoms with E-state index < -0.39 is 9.84 Å². The normalized spacial score (nSPS) is 21.7. The molecule has 0 bridgehead atoms. The quantitative estimate of drug-likeness (QED) is 0.316. The molecule has 1 heterocycles. The number of hydrogen-bond acceptors (Lipinski definition) is 5. The maximum Gasteiger partial charge on any atom is 0.251 e. The highest BCUT2D eigenvalue weighted by Gasteiger charge is 2.26. The highest BCUT2D eigenvalue weighted by atomic mass is 32.2. The number of carbonyl (C=O) groups is 1. The van der Waals surface area contributed by atoms with Crippen molar-refractivity contribution in [3.05, 3.63) is 35.4 Å². The molecule has 114 valence electrons.